The zero-order chi connectivity index (χ0) is 11.0. The molecular formula is C10H9N6+. The predicted molar refractivity (Wildman–Crippen MR) is 57.6 cm³/mol. The van der Waals surface area contributed by atoms with Gasteiger partial charge in [-0.25, -0.2) is 9.55 Å². The molecule has 0 radical (unpaired) electrons. The number of imidazole rings is 1. The first-order valence-corrected chi connectivity index (χ1v) is 4.78. The van der Waals surface area contributed by atoms with Crippen LogP contribution < -0.4 is 10.3 Å². The summed E-state index contributed by atoms with van der Waals surface area (Å²) in [6.07, 6.45) is 5.36. The van der Waals surface area contributed by atoms with Gasteiger partial charge in [-0.3, -0.25) is 0 Å². The number of nitrogens with zero attached hydrogens (tertiary/aromatic N) is 4. The van der Waals surface area contributed by atoms with Crippen LogP contribution in [0.5, 0.6) is 0 Å². The molecule has 0 fully saturated rings. The Balaban J connectivity index is 2.34. The second-order valence-corrected chi connectivity index (χ2v) is 3.29. The van der Waals surface area contributed by atoms with Crippen LogP contribution in [0, 0.1) is 0 Å². The van der Waals surface area contributed by atoms with Gasteiger partial charge in [-0.05, 0) is 12.1 Å². The number of hydrogen-bond donors (Lipinski definition) is 2. The average molecular weight is 213 g/mol. The molecule has 0 saturated carbocycles. The lowest BCUT2D eigenvalue weighted by molar-refractivity contribution is -0.598. The van der Waals surface area contributed by atoms with Crippen LogP contribution in [0.3, 0.4) is 0 Å². The molecule has 0 atom stereocenters. The number of rotatable bonds is 1. The average Bonchev–Trinajstić information content (AvgIpc) is 2.77. The predicted octanol–water partition coefficient (Wildman–Crippen LogP) is 0.212. The zero-order valence-electron chi connectivity index (χ0n) is 8.33. The molecule has 0 aliphatic heterocycles. The molecule has 0 spiro atoms. The van der Waals surface area contributed by atoms with E-state index in [9.17, 15) is 0 Å². The van der Waals surface area contributed by atoms with E-state index in [1.807, 2.05) is 35.2 Å². The number of nitrogens with two attached hydrogens (primary N) is 1. The van der Waals surface area contributed by atoms with Gasteiger partial charge in [0, 0.05) is 4.98 Å². The molecule has 78 valence electrons. The highest BCUT2D eigenvalue weighted by molar-refractivity contribution is 5.76. The molecule has 3 N–H and O–H groups in total. The molecule has 3 rings (SSSR count). The van der Waals surface area contributed by atoms with E-state index in [1.165, 1.54) is 0 Å². The molecule has 0 aliphatic carbocycles. The topological polar surface area (TPSA) is 84.4 Å². The Kier molecular flexibility index (Phi) is 1.79. The Labute approximate surface area is 90.8 Å². The van der Waals surface area contributed by atoms with Gasteiger partial charge in [0.1, 0.15) is 0 Å². The van der Waals surface area contributed by atoms with Crippen LogP contribution in [-0.4, -0.2) is 19.9 Å². The van der Waals surface area contributed by atoms with Gasteiger partial charge < -0.3 is 10.7 Å². The molecule has 3 aromatic heterocycles. The van der Waals surface area contributed by atoms with E-state index in [4.69, 9.17) is 5.73 Å². The number of H-pyrrole nitrogens is 1. The highest BCUT2D eigenvalue weighted by Gasteiger charge is 2.17. The summed E-state index contributed by atoms with van der Waals surface area (Å²) in [5.74, 6) is 0.909. The molecule has 0 amide bonds. The SMILES string of the molecule is Nc1nc(-[n+]2ccccc2)c2[nH]cnc2n1. The first kappa shape index (κ1) is 8.78. The van der Waals surface area contributed by atoms with Crippen LogP contribution in [0.2, 0.25) is 0 Å². The van der Waals surface area contributed by atoms with Crippen molar-refractivity contribution in [2.75, 3.05) is 5.73 Å². The van der Waals surface area contributed by atoms with Gasteiger partial charge in [0.15, 0.2) is 11.2 Å². The summed E-state index contributed by atoms with van der Waals surface area (Å²) < 4.78 is 1.86. The summed E-state index contributed by atoms with van der Waals surface area (Å²) in [5.41, 5.74) is 6.97. The summed E-state index contributed by atoms with van der Waals surface area (Å²) in [7, 11) is 0. The van der Waals surface area contributed by atoms with Crippen LogP contribution >= 0.6 is 0 Å². The Hall–Kier alpha value is -2.50. The highest BCUT2D eigenvalue weighted by Crippen LogP contribution is 2.11. The molecule has 3 heterocycles. The maximum atomic E-state index is 5.63. The Morgan fingerprint density at radius 2 is 1.94 bits per heavy atom. The molecule has 16 heavy (non-hydrogen) atoms. The molecule has 0 bridgehead atoms. The minimum Gasteiger partial charge on any atom is -0.346 e. The number of pyridine rings is 1. The number of hydrogen-bond acceptors (Lipinski definition) is 4. The lowest BCUT2D eigenvalue weighted by atomic mass is 10.4. The van der Waals surface area contributed by atoms with Crippen molar-refractivity contribution in [1.29, 1.82) is 0 Å². The van der Waals surface area contributed by atoms with Crippen LogP contribution in [0.25, 0.3) is 17.0 Å². The minimum atomic E-state index is 0.214. The van der Waals surface area contributed by atoms with E-state index >= 15 is 0 Å². The van der Waals surface area contributed by atoms with Gasteiger partial charge in [-0.2, -0.15) is 4.98 Å². The van der Waals surface area contributed by atoms with Crippen LogP contribution in [0.15, 0.2) is 36.9 Å². The molecule has 0 aliphatic rings. The summed E-state index contributed by atoms with van der Waals surface area (Å²) in [6, 6.07) is 5.77. The van der Waals surface area contributed by atoms with E-state index in [2.05, 4.69) is 19.9 Å². The molecule has 0 unspecified atom stereocenters. The summed E-state index contributed by atoms with van der Waals surface area (Å²) in [4.78, 5) is 15.3. The Bertz CT molecular complexity index is 630. The maximum absolute atomic E-state index is 5.63. The number of fused-ring (bicyclic) bond motifs is 1. The van der Waals surface area contributed by atoms with Crippen molar-refractivity contribution in [3.63, 3.8) is 0 Å². The number of aromatic amines is 1. The summed E-state index contributed by atoms with van der Waals surface area (Å²) in [6.45, 7) is 0. The fourth-order valence-electron chi connectivity index (χ4n) is 1.56. The van der Waals surface area contributed by atoms with E-state index in [-0.39, 0.29) is 5.95 Å². The van der Waals surface area contributed by atoms with Crippen molar-refractivity contribution >= 4 is 17.1 Å². The molecule has 6 heteroatoms. The van der Waals surface area contributed by atoms with Crippen LogP contribution in [0.1, 0.15) is 0 Å². The second-order valence-electron chi connectivity index (χ2n) is 3.29. The minimum absolute atomic E-state index is 0.214. The molecular weight excluding hydrogens is 204 g/mol. The third kappa shape index (κ3) is 1.28. The third-order valence-corrected chi connectivity index (χ3v) is 2.24. The van der Waals surface area contributed by atoms with E-state index in [0.29, 0.717) is 11.5 Å². The van der Waals surface area contributed by atoms with Gasteiger partial charge in [0.25, 0.3) is 0 Å². The Morgan fingerprint density at radius 3 is 2.75 bits per heavy atom. The normalized spacial score (nSPS) is 10.8. The first-order chi connectivity index (χ1) is 7.84. The van der Waals surface area contributed by atoms with Gasteiger partial charge in [-0.15, -0.1) is 0 Å². The monoisotopic (exact) mass is 213 g/mol. The first-order valence-electron chi connectivity index (χ1n) is 4.78. The number of aromatic nitrogens is 5. The molecule has 0 aromatic carbocycles. The van der Waals surface area contributed by atoms with Crippen molar-refractivity contribution in [2.45, 2.75) is 0 Å². The fraction of sp³-hybridized carbons (Fsp3) is 0. The standard InChI is InChI=1S/C10H9N6/c11-10-14-8-7(12-6-13-8)9(15-10)16-4-2-1-3-5-16/h1-6H,(H3,11,12,13,14,15)/q+1. The van der Waals surface area contributed by atoms with Gasteiger partial charge in [0.2, 0.25) is 0 Å². The van der Waals surface area contributed by atoms with Gasteiger partial charge >= 0.3 is 11.8 Å². The largest absolute Gasteiger partial charge is 0.359 e. The van der Waals surface area contributed by atoms with Gasteiger partial charge in [-0.1, -0.05) is 6.07 Å². The smallest absolute Gasteiger partial charge is 0.346 e. The Morgan fingerprint density at radius 1 is 1.12 bits per heavy atom. The second kappa shape index (κ2) is 3.27. The van der Waals surface area contributed by atoms with Crippen molar-refractivity contribution in [2.24, 2.45) is 0 Å². The third-order valence-electron chi connectivity index (χ3n) is 2.24. The van der Waals surface area contributed by atoms with Gasteiger partial charge in [0.05, 0.1) is 18.7 Å². The maximum Gasteiger partial charge on any atom is 0.359 e. The van der Waals surface area contributed by atoms with E-state index < -0.39 is 0 Å². The lowest BCUT2D eigenvalue weighted by Crippen LogP contribution is -2.31. The summed E-state index contributed by atoms with van der Waals surface area (Å²) in [5, 5.41) is 0. The fourth-order valence-corrected chi connectivity index (χ4v) is 1.56. The lowest BCUT2D eigenvalue weighted by Gasteiger charge is -1.95. The number of nitrogens with one attached hydrogen (secondary N) is 1. The van der Waals surface area contributed by atoms with Crippen LogP contribution in [0.4, 0.5) is 5.95 Å². The molecule has 3 aromatic rings. The zero-order valence-corrected chi connectivity index (χ0v) is 8.33. The van der Waals surface area contributed by atoms with E-state index in [1.54, 1.807) is 6.33 Å². The van der Waals surface area contributed by atoms with Crippen molar-refractivity contribution in [3.8, 4) is 5.82 Å². The quantitative estimate of drug-likeness (QED) is 0.566. The highest BCUT2D eigenvalue weighted by atomic mass is 15.1. The number of nitrogen functional groups attached to an aromatic ring is 1. The van der Waals surface area contributed by atoms with Crippen molar-refractivity contribution < 1.29 is 4.57 Å². The van der Waals surface area contributed by atoms with Crippen LogP contribution in [-0.2, 0) is 0 Å². The number of anilines is 1. The molecule has 0 saturated heterocycles. The van der Waals surface area contributed by atoms with Crippen molar-refractivity contribution in [1.82, 2.24) is 19.9 Å². The molecule has 6 nitrogen and oxygen atoms in total. The van der Waals surface area contributed by atoms with Crippen molar-refractivity contribution in [3.05, 3.63) is 36.9 Å². The summed E-state index contributed by atoms with van der Waals surface area (Å²) >= 11 is 0. The van der Waals surface area contributed by atoms with E-state index in [0.717, 1.165) is 5.52 Å².